The molecule has 0 fully saturated rings. The highest BCUT2D eigenvalue weighted by molar-refractivity contribution is 8.00. The molecular weight excluding hydrogens is 505 g/mol. The Morgan fingerprint density at radius 2 is 1.62 bits per heavy atom. The van der Waals surface area contributed by atoms with Crippen molar-refractivity contribution in [3.63, 3.8) is 0 Å². The molecule has 0 aliphatic heterocycles. The number of nitrogens with zero attached hydrogens (tertiary/aromatic N) is 1. The van der Waals surface area contributed by atoms with Gasteiger partial charge in [0.2, 0.25) is 5.91 Å². The van der Waals surface area contributed by atoms with Crippen LogP contribution in [0, 0.1) is 5.82 Å². The van der Waals surface area contributed by atoms with E-state index in [1.54, 1.807) is 18.2 Å². The van der Waals surface area contributed by atoms with E-state index in [-0.39, 0.29) is 16.7 Å². The Hall–Kier alpha value is -4.01. The van der Waals surface area contributed by atoms with Crippen LogP contribution in [0.1, 0.15) is 17.3 Å². The maximum absolute atomic E-state index is 13.8. The summed E-state index contributed by atoms with van der Waals surface area (Å²) in [6.45, 7) is 1.83. The summed E-state index contributed by atoms with van der Waals surface area (Å²) in [4.78, 5) is 30.5. The van der Waals surface area contributed by atoms with E-state index in [0.717, 1.165) is 21.5 Å². The number of carbonyl (C=O) groups excluding carboxylic acids is 2. The molecule has 4 aromatic carbocycles. The standard InChI is InChI=1S/C29H22FN3O2S2/c1-18(37-23-14-12-22(13-15-23)31-28(35)24-8-4-5-9-25(24)30)27(34)33-29-32-26(17-36-29)21-11-10-19-6-2-3-7-20(19)16-21/h2-18H,1H3,(H,31,35)(H,32,33,34). The molecule has 0 radical (unpaired) electrons. The predicted octanol–water partition coefficient (Wildman–Crippen LogP) is 7.47. The Morgan fingerprint density at radius 3 is 2.41 bits per heavy atom. The van der Waals surface area contributed by atoms with E-state index in [4.69, 9.17) is 0 Å². The number of thioether (sulfide) groups is 1. The number of amides is 2. The summed E-state index contributed by atoms with van der Waals surface area (Å²) >= 11 is 2.78. The van der Waals surface area contributed by atoms with E-state index in [2.05, 4.69) is 39.9 Å². The minimum Gasteiger partial charge on any atom is -0.322 e. The Kier molecular flexibility index (Phi) is 7.30. The second-order valence-electron chi connectivity index (χ2n) is 8.31. The Labute approximate surface area is 221 Å². The number of hydrogen-bond acceptors (Lipinski definition) is 5. The number of aromatic nitrogens is 1. The molecule has 0 saturated heterocycles. The number of carbonyl (C=O) groups is 2. The minimum atomic E-state index is -0.573. The molecule has 2 amide bonds. The van der Waals surface area contributed by atoms with E-state index < -0.39 is 11.7 Å². The summed E-state index contributed by atoms with van der Waals surface area (Å²) in [7, 11) is 0. The number of benzene rings is 4. The molecule has 0 spiro atoms. The van der Waals surface area contributed by atoms with Crippen molar-refractivity contribution in [2.24, 2.45) is 0 Å². The fourth-order valence-corrected chi connectivity index (χ4v) is 5.33. The molecule has 1 atom stereocenters. The van der Waals surface area contributed by atoms with Crippen LogP contribution in [0.2, 0.25) is 0 Å². The number of nitrogens with one attached hydrogen (secondary N) is 2. The van der Waals surface area contributed by atoms with Crippen LogP contribution in [-0.4, -0.2) is 22.0 Å². The van der Waals surface area contributed by atoms with Gasteiger partial charge in [0.15, 0.2) is 5.13 Å². The van der Waals surface area contributed by atoms with Gasteiger partial charge < -0.3 is 10.6 Å². The average molecular weight is 528 g/mol. The lowest BCUT2D eigenvalue weighted by Gasteiger charge is -2.11. The van der Waals surface area contributed by atoms with Crippen LogP contribution in [-0.2, 0) is 4.79 Å². The Morgan fingerprint density at radius 1 is 0.892 bits per heavy atom. The molecule has 5 nitrogen and oxygen atoms in total. The lowest BCUT2D eigenvalue weighted by atomic mass is 10.1. The van der Waals surface area contributed by atoms with Gasteiger partial charge in [-0.25, -0.2) is 9.37 Å². The highest BCUT2D eigenvalue weighted by Gasteiger charge is 2.17. The third-order valence-corrected chi connectivity index (χ3v) is 7.56. The van der Waals surface area contributed by atoms with Crippen molar-refractivity contribution in [1.29, 1.82) is 0 Å². The average Bonchev–Trinajstić information content (AvgIpc) is 3.38. The molecule has 184 valence electrons. The summed E-state index contributed by atoms with van der Waals surface area (Å²) in [5.74, 6) is -1.24. The molecule has 8 heteroatoms. The first-order valence-corrected chi connectivity index (χ1v) is 13.3. The van der Waals surface area contributed by atoms with Crippen molar-refractivity contribution in [3.8, 4) is 11.3 Å². The predicted molar refractivity (Wildman–Crippen MR) is 150 cm³/mol. The van der Waals surface area contributed by atoms with Crippen molar-refractivity contribution in [2.45, 2.75) is 17.1 Å². The molecule has 37 heavy (non-hydrogen) atoms. The van der Waals surface area contributed by atoms with Crippen LogP contribution < -0.4 is 10.6 Å². The van der Waals surface area contributed by atoms with Gasteiger partial charge in [0.05, 0.1) is 16.5 Å². The molecule has 0 bridgehead atoms. The number of anilines is 2. The van der Waals surface area contributed by atoms with Crippen molar-refractivity contribution < 1.29 is 14.0 Å². The summed E-state index contributed by atoms with van der Waals surface area (Å²) in [5.41, 5.74) is 2.34. The highest BCUT2D eigenvalue weighted by Crippen LogP contribution is 2.29. The zero-order valence-electron chi connectivity index (χ0n) is 19.8. The topological polar surface area (TPSA) is 71.1 Å². The van der Waals surface area contributed by atoms with E-state index >= 15 is 0 Å². The van der Waals surface area contributed by atoms with Gasteiger partial charge in [-0.15, -0.1) is 23.1 Å². The van der Waals surface area contributed by atoms with Gasteiger partial charge in [0.1, 0.15) is 5.82 Å². The number of rotatable bonds is 7. The molecule has 0 saturated carbocycles. The van der Waals surface area contributed by atoms with Gasteiger partial charge in [0.25, 0.3) is 5.91 Å². The minimum absolute atomic E-state index is 0.0165. The molecule has 0 aliphatic rings. The fraction of sp³-hybridized carbons (Fsp3) is 0.0690. The van der Waals surface area contributed by atoms with Crippen LogP contribution in [0.4, 0.5) is 15.2 Å². The zero-order chi connectivity index (χ0) is 25.8. The smallest absolute Gasteiger partial charge is 0.258 e. The van der Waals surface area contributed by atoms with Crippen LogP contribution in [0.5, 0.6) is 0 Å². The van der Waals surface area contributed by atoms with E-state index in [9.17, 15) is 14.0 Å². The largest absolute Gasteiger partial charge is 0.322 e. The second kappa shape index (κ2) is 10.9. The lowest BCUT2D eigenvalue weighted by molar-refractivity contribution is -0.115. The van der Waals surface area contributed by atoms with Gasteiger partial charge in [-0.3, -0.25) is 9.59 Å². The van der Waals surface area contributed by atoms with Crippen LogP contribution in [0.15, 0.2) is 101 Å². The third kappa shape index (κ3) is 5.87. The SMILES string of the molecule is CC(Sc1ccc(NC(=O)c2ccccc2F)cc1)C(=O)Nc1nc(-c2ccc3ccccc3c2)cs1. The number of hydrogen-bond donors (Lipinski definition) is 2. The number of halogens is 1. The van der Waals surface area contributed by atoms with Crippen LogP contribution >= 0.6 is 23.1 Å². The summed E-state index contributed by atoms with van der Waals surface area (Å²) in [6, 6.07) is 27.2. The van der Waals surface area contributed by atoms with Crippen molar-refractivity contribution in [3.05, 3.63) is 108 Å². The van der Waals surface area contributed by atoms with E-state index in [1.807, 2.05) is 42.6 Å². The molecule has 1 heterocycles. The zero-order valence-corrected chi connectivity index (χ0v) is 21.4. The Balaban J connectivity index is 1.18. The quantitative estimate of drug-likeness (QED) is 0.215. The summed E-state index contributed by atoms with van der Waals surface area (Å²) < 4.78 is 13.8. The van der Waals surface area contributed by atoms with Crippen LogP contribution in [0.25, 0.3) is 22.0 Å². The van der Waals surface area contributed by atoms with Gasteiger partial charge in [-0.2, -0.15) is 0 Å². The van der Waals surface area contributed by atoms with Gasteiger partial charge in [-0.1, -0.05) is 48.5 Å². The maximum Gasteiger partial charge on any atom is 0.258 e. The number of fused-ring (bicyclic) bond motifs is 1. The first-order valence-electron chi connectivity index (χ1n) is 11.5. The molecular formula is C29H22FN3O2S2. The fourth-order valence-electron chi connectivity index (χ4n) is 3.74. The molecule has 1 unspecified atom stereocenters. The van der Waals surface area contributed by atoms with Gasteiger partial charge in [-0.05, 0) is 60.2 Å². The number of thiazole rings is 1. The first-order chi connectivity index (χ1) is 18.0. The maximum atomic E-state index is 13.8. The van der Waals surface area contributed by atoms with Gasteiger partial charge in [0, 0.05) is 21.5 Å². The van der Waals surface area contributed by atoms with Crippen molar-refractivity contribution in [2.75, 3.05) is 10.6 Å². The third-order valence-electron chi connectivity index (χ3n) is 5.69. The lowest BCUT2D eigenvalue weighted by Crippen LogP contribution is -2.22. The molecule has 1 aromatic heterocycles. The molecule has 2 N–H and O–H groups in total. The Bertz CT molecular complexity index is 1580. The van der Waals surface area contributed by atoms with Crippen molar-refractivity contribution in [1.82, 2.24) is 4.98 Å². The second-order valence-corrected chi connectivity index (χ2v) is 10.6. The normalized spacial score (nSPS) is 11.7. The monoisotopic (exact) mass is 527 g/mol. The highest BCUT2D eigenvalue weighted by atomic mass is 32.2. The van der Waals surface area contributed by atoms with E-state index in [0.29, 0.717) is 10.8 Å². The first kappa shape index (κ1) is 24.7. The van der Waals surface area contributed by atoms with E-state index in [1.165, 1.54) is 46.7 Å². The molecule has 0 aliphatic carbocycles. The summed E-state index contributed by atoms with van der Waals surface area (Å²) in [6.07, 6.45) is 0. The summed E-state index contributed by atoms with van der Waals surface area (Å²) in [5, 5.41) is 10.0. The van der Waals surface area contributed by atoms with Crippen LogP contribution in [0.3, 0.4) is 0 Å². The van der Waals surface area contributed by atoms with Crippen molar-refractivity contribution >= 4 is 56.5 Å². The van der Waals surface area contributed by atoms with Gasteiger partial charge >= 0.3 is 0 Å². The molecule has 5 aromatic rings. The molecule has 5 rings (SSSR count).